The zero-order valence-corrected chi connectivity index (χ0v) is 8.95. The third kappa shape index (κ3) is 1.52. The quantitative estimate of drug-likeness (QED) is 0.679. The summed E-state index contributed by atoms with van der Waals surface area (Å²) in [5.41, 5.74) is 0.717. The Balaban J connectivity index is 2.82. The molecule has 0 saturated heterocycles. The number of nitrogens with zero attached hydrogens (tertiary/aromatic N) is 1. The maximum absolute atomic E-state index is 8.71. The van der Waals surface area contributed by atoms with E-state index in [4.69, 9.17) is 5.26 Å². The molecule has 0 aliphatic heterocycles. The van der Waals surface area contributed by atoms with Crippen molar-refractivity contribution >= 4 is 33.4 Å². The number of fused-ring (bicyclic) bond motifs is 1. The largest absolute Gasteiger partial charge is 0.192 e. The van der Waals surface area contributed by atoms with Gasteiger partial charge in [0.05, 0.1) is 11.6 Å². The van der Waals surface area contributed by atoms with Gasteiger partial charge in [0.1, 0.15) is 0 Å². The number of nitriles is 1. The van der Waals surface area contributed by atoms with Gasteiger partial charge < -0.3 is 0 Å². The average molecular weight is 279 g/mol. The zero-order chi connectivity index (χ0) is 9.26. The molecular formula is C11H6IN. The van der Waals surface area contributed by atoms with Crippen LogP contribution in [0.1, 0.15) is 5.56 Å². The van der Waals surface area contributed by atoms with E-state index in [1.54, 1.807) is 0 Å². The summed E-state index contributed by atoms with van der Waals surface area (Å²) in [7, 11) is 0. The topological polar surface area (TPSA) is 23.8 Å². The van der Waals surface area contributed by atoms with Crippen LogP contribution in [-0.4, -0.2) is 0 Å². The van der Waals surface area contributed by atoms with Crippen LogP contribution in [0.2, 0.25) is 0 Å². The summed E-state index contributed by atoms with van der Waals surface area (Å²) in [6, 6.07) is 14.0. The summed E-state index contributed by atoms with van der Waals surface area (Å²) < 4.78 is 1.22. The summed E-state index contributed by atoms with van der Waals surface area (Å²) in [5, 5.41) is 11.1. The Bertz CT molecular complexity index is 497. The minimum atomic E-state index is 0.717. The van der Waals surface area contributed by atoms with Crippen molar-refractivity contribution in [3.63, 3.8) is 0 Å². The highest BCUT2D eigenvalue weighted by atomic mass is 127. The lowest BCUT2D eigenvalue weighted by molar-refractivity contribution is 1.49. The van der Waals surface area contributed by atoms with Gasteiger partial charge in [-0.1, -0.05) is 18.2 Å². The van der Waals surface area contributed by atoms with E-state index in [0.29, 0.717) is 0 Å². The molecule has 2 aromatic rings. The second-order valence-corrected chi connectivity index (χ2v) is 3.95. The van der Waals surface area contributed by atoms with Crippen LogP contribution in [0.4, 0.5) is 0 Å². The van der Waals surface area contributed by atoms with Crippen molar-refractivity contribution in [1.82, 2.24) is 0 Å². The number of halogens is 1. The van der Waals surface area contributed by atoms with Gasteiger partial charge in [0.25, 0.3) is 0 Å². The first-order chi connectivity index (χ1) is 6.31. The van der Waals surface area contributed by atoms with Gasteiger partial charge in [-0.25, -0.2) is 0 Å². The van der Waals surface area contributed by atoms with E-state index in [1.807, 2.05) is 30.3 Å². The summed E-state index contributed by atoms with van der Waals surface area (Å²) >= 11 is 2.30. The van der Waals surface area contributed by atoms with Crippen LogP contribution >= 0.6 is 22.6 Å². The molecule has 0 aliphatic carbocycles. The minimum Gasteiger partial charge on any atom is -0.192 e. The lowest BCUT2D eigenvalue weighted by atomic mass is 10.1. The summed E-state index contributed by atoms with van der Waals surface area (Å²) in [6.07, 6.45) is 0. The molecule has 0 radical (unpaired) electrons. The molecule has 0 heterocycles. The molecule has 13 heavy (non-hydrogen) atoms. The third-order valence-electron chi connectivity index (χ3n) is 1.96. The number of hydrogen-bond donors (Lipinski definition) is 0. The molecule has 0 aromatic heterocycles. The Morgan fingerprint density at radius 2 is 2.00 bits per heavy atom. The monoisotopic (exact) mass is 279 g/mol. The van der Waals surface area contributed by atoms with Gasteiger partial charge >= 0.3 is 0 Å². The molecule has 2 rings (SSSR count). The van der Waals surface area contributed by atoms with Gasteiger partial charge in [-0.05, 0) is 51.6 Å². The van der Waals surface area contributed by atoms with Gasteiger partial charge in [-0.15, -0.1) is 0 Å². The van der Waals surface area contributed by atoms with Crippen LogP contribution in [0.25, 0.3) is 10.8 Å². The second kappa shape index (κ2) is 3.35. The van der Waals surface area contributed by atoms with Crippen molar-refractivity contribution in [2.45, 2.75) is 0 Å². The predicted octanol–water partition coefficient (Wildman–Crippen LogP) is 3.32. The molecule has 0 aliphatic rings. The summed E-state index contributed by atoms with van der Waals surface area (Å²) in [5.74, 6) is 0. The molecule has 2 aromatic carbocycles. The van der Waals surface area contributed by atoms with E-state index < -0.39 is 0 Å². The van der Waals surface area contributed by atoms with Gasteiger partial charge in [0.2, 0.25) is 0 Å². The Morgan fingerprint density at radius 3 is 2.77 bits per heavy atom. The first-order valence-corrected chi connectivity index (χ1v) is 4.97. The Morgan fingerprint density at radius 1 is 1.15 bits per heavy atom. The molecule has 0 bridgehead atoms. The smallest absolute Gasteiger partial charge is 0.0991 e. The molecule has 0 fully saturated rings. The van der Waals surface area contributed by atoms with Gasteiger partial charge in [-0.3, -0.25) is 0 Å². The van der Waals surface area contributed by atoms with Crippen LogP contribution in [0.3, 0.4) is 0 Å². The highest BCUT2D eigenvalue weighted by Gasteiger charge is 1.98. The molecular weight excluding hydrogens is 273 g/mol. The molecule has 1 nitrogen and oxygen atoms in total. The van der Waals surface area contributed by atoms with Gasteiger partial charge in [0.15, 0.2) is 0 Å². The minimum absolute atomic E-state index is 0.717. The Labute approximate surface area is 90.1 Å². The highest BCUT2D eigenvalue weighted by molar-refractivity contribution is 14.1. The van der Waals surface area contributed by atoms with E-state index in [1.165, 1.54) is 8.96 Å². The average Bonchev–Trinajstić information content (AvgIpc) is 2.18. The van der Waals surface area contributed by atoms with Crippen molar-refractivity contribution in [3.8, 4) is 6.07 Å². The fraction of sp³-hybridized carbons (Fsp3) is 0. The number of hydrogen-bond acceptors (Lipinski definition) is 1. The van der Waals surface area contributed by atoms with Gasteiger partial charge in [-0.2, -0.15) is 5.26 Å². The number of rotatable bonds is 0. The number of benzene rings is 2. The van der Waals surface area contributed by atoms with Crippen LogP contribution in [0, 0.1) is 14.9 Å². The SMILES string of the molecule is N#Cc1ccc2c(I)cccc2c1. The van der Waals surface area contributed by atoms with Crippen molar-refractivity contribution < 1.29 is 0 Å². The zero-order valence-electron chi connectivity index (χ0n) is 6.79. The van der Waals surface area contributed by atoms with E-state index in [-0.39, 0.29) is 0 Å². The Hall–Kier alpha value is -1.08. The molecule has 62 valence electrons. The van der Waals surface area contributed by atoms with E-state index in [2.05, 4.69) is 34.7 Å². The molecule has 0 atom stereocenters. The standard InChI is InChI=1S/C11H6IN/c12-11-3-1-2-9-6-8(7-13)4-5-10(9)11/h1-6H. The van der Waals surface area contributed by atoms with Crippen molar-refractivity contribution in [2.75, 3.05) is 0 Å². The van der Waals surface area contributed by atoms with E-state index in [9.17, 15) is 0 Å². The molecule has 2 heteroatoms. The fourth-order valence-corrected chi connectivity index (χ4v) is 2.01. The maximum Gasteiger partial charge on any atom is 0.0991 e. The second-order valence-electron chi connectivity index (χ2n) is 2.79. The van der Waals surface area contributed by atoms with E-state index in [0.717, 1.165) is 10.9 Å². The molecule has 0 amide bonds. The fourth-order valence-electron chi connectivity index (χ4n) is 1.31. The molecule has 0 spiro atoms. The molecule has 0 N–H and O–H groups in total. The van der Waals surface area contributed by atoms with E-state index >= 15 is 0 Å². The first-order valence-electron chi connectivity index (χ1n) is 3.89. The maximum atomic E-state index is 8.71. The first kappa shape index (κ1) is 8.52. The lowest BCUT2D eigenvalue weighted by Gasteiger charge is -1.99. The van der Waals surface area contributed by atoms with Crippen molar-refractivity contribution in [2.24, 2.45) is 0 Å². The van der Waals surface area contributed by atoms with Gasteiger partial charge in [0, 0.05) is 3.57 Å². The third-order valence-corrected chi connectivity index (χ3v) is 2.90. The lowest BCUT2D eigenvalue weighted by Crippen LogP contribution is -1.79. The van der Waals surface area contributed by atoms with Crippen LogP contribution < -0.4 is 0 Å². The molecule has 0 unspecified atom stereocenters. The normalized spacial score (nSPS) is 9.85. The van der Waals surface area contributed by atoms with Crippen LogP contribution in [0.5, 0.6) is 0 Å². The highest BCUT2D eigenvalue weighted by Crippen LogP contribution is 2.21. The van der Waals surface area contributed by atoms with Crippen molar-refractivity contribution in [1.29, 1.82) is 5.26 Å². The summed E-state index contributed by atoms with van der Waals surface area (Å²) in [4.78, 5) is 0. The molecule has 0 saturated carbocycles. The summed E-state index contributed by atoms with van der Waals surface area (Å²) in [6.45, 7) is 0. The Kier molecular flexibility index (Phi) is 2.19. The van der Waals surface area contributed by atoms with Crippen LogP contribution in [-0.2, 0) is 0 Å². The van der Waals surface area contributed by atoms with Crippen molar-refractivity contribution in [3.05, 3.63) is 45.5 Å². The van der Waals surface area contributed by atoms with Crippen LogP contribution in [0.15, 0.2) is 36.4 Å². The predicted molar refractivity (Wildman–Crippen MR) is 61.4 cm³/mol.